The van der Waals surface area contributed by atoms with Crippen LogP contribution in [0.2, 0.25) is 0 Å². The Morgan fingerprint density at radius 2 is 2.28 bits per heavy atom. The van der Waals surface area contributed by atoms with E-state index in [0.29, 0.717) is 6.04 Å². The first kappa shape index (κ1) is 13.4. The number of nitrogens with one attached hydrogen (secondary N) is 1. The number of nitrogens with zero attached hydrogens (tertiary/aromatic N) is 2. The van der Waals surface area contributed by atoms with Crippen LogP contribution in [0, 0.1) is 5.82 Å². The molecule has 2 heterocycles. The zero-order valence-electron chi connectivity index (χ0n) is 11.4. The van der Waals surface area contributed by atoms with Gasteiger partial charge in [0.2, 0.25) is 0 Å². The molecule has 1 aromatic heterocycles. The highest BCUT2D eigenvalue weighted by molar-refractivity contribution is 5.10. The maximum atomic E-state index is 13.2. The molecular weight excluding hydrogens is 229 g/mol. The van der Waals surface area contributed by atoms with Crippen LogP contribution in [0.4, 0.5) is 4.39 Å². The van der Waals surface area contributed by atoms with Crippen LogP contribution in [0.5, 0.6) is 0 Å². The smallest absolute Gasteiger partial charge is 0.141 e. The van der Waals surface area contributed by atoms with Gasteiger partial charge < -0.3 is 5.32 Å². The van der Waals surface area contributed by atoms with E-state index in [9.17, 15) is 4.39 Å². The second kappa shape index (κ2) is 5.33. The molecule has 0 saturated carbocycles. The third-order valence-electron chi connectivity index (χ3n) is 3.53. The molecule has 0 aliphatic carbocycles. The van der Waals surface area contributed by atoms with E-state index in [1.54, 1.807) is 12.3 Å². The summed E-state index contributed by atoms with van der Waals surface area (Å²) >= 11 is 0. The summed E-state index contributed by atoms with van der Waals surface area (Å²) in [7, 11) is 0. The molecule has 18 heavy (non-hydrogen) atoms. The summed E-state index contributed by atoms with van der Waals surface area (Å²) in [4.78, 5) is 6.32. The van der Waals surface area contributed by atoms with Crippen molar-refractivity contribution < 1.29 is 4.39 Å². The first-order valence-corrected chi connectivity index (χ1v) is 6.55. The van der Waals surface area contributed by atoms with E-state index < -0.39 is 0 Å². The molecule has 0 spiro atoms. The fraction of sp³-hybridized carbons (Fsp3) is 0.643. The summed E-state index contributed by atoms with van der Waals surface area (Å²) in [5.41, 5.74) is 1.05. The molecule has 4 heteroatoms. The molecule has 0 radical (unpaired) electrons. The second-order valence-corrected chi connectivity index (χ2v) is 5.86. The van der Waals surface area contributed by atoms with E-state index in [1.165, 1.54) is 6.20 Å². The zero-order valence-corrected chi connectivity index (χ0v) is 11.4. The average Bonchev–Trinajstić information content (AvgIpc) is 2.38. The molecule has 1 fully saturated rings. The van der Waals surface area contributed by atoms with Gasteiger partial charge in [0, 0.05) is 30.9 Å². The summed E-state index contributed by atoms with van der Waals surface area (Å²) in [5.74, 6) is -0.257. The van der Waals surface area contributed by atoms with Crippen molar-refractivity contribution in [3.05, 3.63) is 29.8 Å². The van der Waals surface area contributed by atoms with Crippen molar-refractivity contribution in [3.63, 3.8) is 0 Å². The zero-order chi connectivity index (χ0) is 13.2. The van der Waals surface area contributed by atoms with Crippen molar-refractivity contribution in [2.24, 2.45) is 0 Å². The van der Waals surface area contributed by atoms with E-state index in [0.717, 1.165) is 31.6 Å². The van der Waals surface area contributed by atoms with E-state index in [4.69, 9.17) is 0 Å². The van der Waals surface area contributed by atoms with E-state index in [2.05, 4.69) is 36.0 Å². The van der Waals surface area contributed by atoms with Gasteiger partial charge in [-0.2, -0.15) is 0 Å². The number of hydrogen-bond donors (Lipinski definition) is 1. The maximum absolute atomic E-state index is 13.2. The van der Waals surface area contributed by atoms with Crippen LogP contribution in [0.25, 0.3) is 0 Å². The Kier molecular flexibility index (Phi) is 3.97. The average molecular weight is 251 g/mol. The predicted molar refractivity (Wildman–Crippen MR) is 70.8 cm³/mol. The van der Waals surface area contributed by atoms with E-state index >= 15 is 0 Å². The lowest BCUT2D eigenvalue weighted by Crippen LogP contribution is -2.47. The van der Waals surface area contributed by atoms with Crippen LogP contribution >= 0.6 is 0 Å². The number of halogens is 1. The van der Waals surface area contributed by atoms with Crippen LogP contribution in [0.15, 0.2) is 18.5 Å². The maximum Gasteiger partial charge on any atom is 0.141 e. The Labute approximate surface area is 108 Å². The Morgan fingerprint density at radius 1 is 1.50 bits per heavy atom. The second-order valence-electron chi connectivity index (χ2n) is 5.86. The number of rotatable bonds is 2. The van der Waals surface area contributed by atoms with Crippen LogP contribution in [0.3, 0.4) is 0 Å². The first-order chi connectivity index (χ1) is 8.46. The van der Waals surface area contributed by atoms with Gasteiger partial charge in [-0.1, -0.05) is 0 Å². The molecule has 3 nitrogen and oxygen atoms in total. The molecule has 1 N–H and O–H groups in total. The molecule has 0 bridgehead atoms. The summed E-state index contributed by atoms with van der Waals surface area (Å²) in [6.07, 6.45) is 4.12. The largest absolute Gasteiger partial charge is 0.310 e. The highest BCUT2D eigenvalue weighted by Gasteiger charge is 2.27. The molecule has 0 amide bonds. The monoisotopic (exact) mass is 251 g/mol. The van der Waals surface area contributed by atoms with Gasteiger partial charge in [0.15, 0.2) is 0 Å². The molecule has 1 atom stereocenters. The SMILES string of the molecule is CC1CCNC(C)(C)CN1Cc1cncc(F)c1. The first-order valence-electron chi connectivity index (χ1n) is 6.55. The summed E-state index contributed by atoms with van der Waals surface area (Å²) in [5, 5.41) is 3.55. The lowest BCUT2D eigenvalue weighted by Gasteiger charge is -2.32. The predicted octanol–water partition coefficient (Wildman–Crippen LogP) is 2.18. The number of hydrogen-bond acceptors (Lipinski definition) is 3. The number of aromatic nitrogens is 1. The molecule has 1 aliphatic heterocycles. The number of pyridine rings is 1. The summed E-state index contributed by atoms with van der Waals surface area (Å²) < 4.78 is 13.2. The lowest BCUT2D eigenvalue weighted by atomic mass is 10.0. The van der Waals surface area contributed by atoms with Crippen molar-refractivity contribution in [1.29, 1.82) is 0 Å². The van der Waals surface area contributed by atoms with Crippen molar-refractivity contribution in [3.8, 4) is 0 Å². The van der Waals surface area contributed by atoms with Crippen molar-refractivity contribution in [1.82, 2.24) is 15.2 Å². The minimum absolute atomic E-state index is 0.103. The molecule has 1 aromatic rings. The van der Waals surface area contributed by atoms with Crippen molar-refractivity contribution >= 4 is 0 Å². The van der Waals surface area contributed by atoms with Gasteiger partial charge in [0.25, 0.3) is 0 Å². The normalized spacial score (nSPS) is 24.8. The quantitative estimate of drug-likeness (QED) is 0.873. The Bertz CT molecular complexity index is 406. The molecule has 0 aromatic carbocycles. The van der Waals surface area contributed by atoms with Gasteiger partial charge in [0.1, 0.15) is 5.82 Å². The van der Waals surface area contributed by atoms with Crippen LogP contribution in [-0.4, -0.2) is 34.6 Å². The lowest BCUT2D eigenvalue weighted by molar-refractivity contribution is 0.172. The highest BCUT2D eigenvalue weighted by atomic mass is 19.1. The molecule has 100 valence electrons. The highest BCUT2D eigenvalue weighted by Crippen LogP contribution is 2.18. The van der Waals surface area contributed by atoms with E-state index in [-0.39, 0.29) is 11.4 Å². The van der Waals surface area contributed by atoms with Crippen LogP contribution < -0.4 is 5.32 Å². The van der Waals surface area contributed by atoms with Crippen LogP contribution in [-0.2, 0) is 6.54 Å². The standard InChI is InChI=1S/C14H22FN3/c1-11-4-5-17-14(2,3)10-18(11)9-12-6-13(15)8-16-7-12/h6-8,11,17H,4-5,9-10H2,1-3H3. The van der Waals surface area contributed by atoms with Gasteiger partial charge in [-0.15, -0.1) is 0 Å². The topological polar surface area (TPSA) is 28.2 Å². The van der Waals surface area contributed by atoms with Gasteiger partial charge >= 0.3 is 0 Å². The van der Waals surface area contributed by atoms with Gasteiger partial charge in [-0.3, -0.25) is 9.88 Å². The van der Waals surface area contributed by atoms with Crippen LogP contribution in [0.1, 0.15) is 32.8 Å². The molecular formula is C14H22FN3. The third kappa shape index (κ3) is 3.50. The van der Waals surface area contributed by atoms with Crippen molar-refractivity contribution in [2.45, 2.75) is 45.3 Å². The Balaban J connectivity index is 2.10. The molecule has 1 saturated heterocycles. The summed E-state index contributed by atoms with van der Waals surface area (Å²) in [6.45, 7) is 9.41. The molecule has 2 rings (SSSR count). The fourth-order valence-corrected chi connectivity index (χ4v) is 2.51. The molecule has 1 aliphatic rings. The van der Waals surface area contributed by atoms with E-state index in [1.807, 2.05) is 0 Å². The van der Waals surface area contributed by atoms with Gasteiger partial charge in [0.05, 0.1) is 6.20 Å². The Hall–Kier alpha value is -1.00. The van der Waals surface area contributed by atoms with Crippen molar-refractivity contribution in [2.75, 3.05) is 13.1 Å². The molecule has 1 unspecified atom stereocenters. The minimum atomic E-state index is -0.257. The fourth-order valence-electron chi connectivity index (χ4n) is 2.51. The van der Waals surface area contributed by atoms with Gasteiger partial charge in [-0.05, 0) is 45.4 Å². The minimum Gasteiger partial charge on any atom is -0.310 e. The Morgan fingerprint density at radius 3 is 3.00 bits per heavy atom. The van der Waals surface area contributed by atoms with Gasteiger partial charge in [-0.25, -0.2) is 4.39 Å². The summed E-state index contributed by atoms with van der Waals surface area (Å²) in [6, 6.07) is 2.08. The third-order valence-corrected chi connectivity index (χ3v) is 3.53.